The Morgan fingerprint density at radius 1 is 1.15 bits per heavy atom. The zero-order chi connectivity index (χ0) is 19.4. The summed E-state index contributed by atoms with van der Waals surface area (Å²) in [4.78, 5) is 2.16. The first-order valence-corrected chi connectivity index (χ1v) is 10.1. The number of hydrogen-bond acceptors (Lipinski definition) is 2. The van der Waals surface area contributed by atoms with Crippen LogP contribution in [0, 0.1) is 24.6 Å². The minimum Gasteiger partial charge on any atom is -0.385 e. The van der Waals surface area contributed by atoms with Crippen LogP contribution in [-0.2, 0) is 12.0 Å². The lowest BCUT2D eigenvalue weighted by molar-refractivity contribution is -0.0761. The number of nitrogens with zero attached hydrogens (tertiary/aromatic N) is 1. The third kappa shape index (κ3) is 4.77. The van der Waals surface area contributed by atoms with E-state index in [1.165, 1.54) is 11.6 Å². The molecule has 3 atom stereocenters. The summed E-state index contributed by atoms with van der Waals surface area (Å²) in [5.74, 6) is 0.576. The van der Waals surface area contributed by atoms with E-state index in [9.17, 15) is 9.50 Å². The molecule has 3 rings (SSSR count). The van der Waals surface area contributed by atoms with Crippen LogP contribution in [0.3, 0.4) is 0 Å². The summed E-state index contributed by atoms with van der Waals surface area (Å²) >= 11 is 0. The molecule has 0 saturated heterocycles. The third-order valence-corrected chi connectivity index (χ3v) is 6.15. The first kappa shape index (κ1) is 20.0. The number of rotatable bonds is 6. The van der Waals surface area contributed by atoms with Gasteiger partial charge in [-0.1, -0.05) is 42.5 Å². The van der Waals surface area contributed by atoms with E-state index in [-0.39, 0.29) is 11.7 Å². The van der Waals surface area contributed by atoms with Crippen molar-refractivity contribution >= 4 is 0 Å². The lowest BCUT2D eigenvalue weighted by Crippen LogP contribution is -2.45. The van der Waals surface area contributed by atoms with Crippen LogP contribution in [0.25, 0.3) is 0 Å². The van der Waals surface area contributed by atoms with Crippen molar-refractivity contribution in [2.24, 2.45) is 11.8 Å². The number of aliphatic hydroxyl groups is 1. The van der Waals surface area contributed by atoms with Gasteiger partial charge >= 0.3 is 0 Å². The van der Waals surface area contributed by atoms with Crippen LogP contribution in [-0.4, -0.2) is 30.6 Å². The van der Waals surface area contributed by atoms with Gasteiger partial charge in [-0.3, -0.25) is 0 Å². The molecule has 0 heterocycles. The van der Waals surface area contributed by atoms with E-state index < -0.39 is 5.60 Å². The molecule has 0 radical (unpaired) electrons. The highest BCUT2D eigenvalue weighted by molar-refractivity contribution is 5.30. The SMILES string of the molecule is Cc1cc(C2(O)CCC(CCc3ccccc3)CC2CN(C)C)ccc1F. The number of aryl methyl sites for hydroxylation is 2. The highest BCUT2D eigenvalue weighted by Crippen LogP contribution is 2.45. The monoisotopic (exact) mass is 369 g/mol. The largest absolute Gasteiger partial charge is 0.385 e. The maximum Gasteiger partial charge on any atom is 0.126 e. The van der Waals surface area contributed by atoms with Gasteiger partial charge in [-0.05, 0) is 81.8 Å². The average Bonchev–Trinajstić information content (AvgIpc) is 2.65. The summed E-state index contributed by atoms with van der Waals surface area (Å²) in [6.45, 7) is 2.61. The fraction of sp³-hybridized carbons (Fsp3) is 0.500. The van der Waals surface area contributed by atoms with Gasteiger partial charge in [0.1, 0.15) is 5.82 Å². The summed E-state index contributed by atoms with van der Waals surface area (Å²) < 4.78 is 13.7. The Morgan fingerprint density at radius 3 is 2.56 bits per heavy atom. The second-order valence-corrected chi connectivity index (χ2v) is 8.51. The third-order valence-electron chi connectivity index (χ3n) is 6.15. The molecule has 146 valence electrons. The Labute approximate surface area is 163 Å². The first-order chi connectivity index (χ1) is 12.9. The van der Waals surface area contributed by atoms with E-state index in [0.717, 1.165) is 44.2 Å². The van der Waals surface area contributed by atoms with Crippen LogP contribution >= 0.6 is 0 Å². The van der Waals surface area contributed by atoms with Gasteiger partial charge in [0, 0.05) is 12.5 Å². The zero-order valence-electron chi connectivity index (χ0n) is 16.8. The normalized spacial score (nSPS) is 25.7. The van der Waals surface area contributed by atoms with Crippen molar-refractivity contribution in [3.8, 4) is 0 Å². The summed E-state index contributed by atoms with van der Waals surface area (Å²) in [7, 11) is 4.12. The van der Waals surface area contributed by atoms with Gasteiger partial charge in [-0.15, -0.1) is 0 Å². The van der Waals surface area contributed by atoms with Crippen molar-refractivity contribution in [1.82, 2.24) is 4.90 Å². The highest BCUT2D eigenvalue weighted by atomic mass is 19.1. The van der Waals surface area contributed by atoms with Gasteiger partial charge < -0.3 is 10.0 Å². The molecule has 0 bridgehead atoms. The van der Waals surface area contributed by atoms with E-state index in [1.807, 2.05) is 6.07 Å². The molecule has 0 aliphatic heterocycles. The van der Waals surface area contributed by atoms with Crippen molar-refractivity contribution in [3.05, 3.63) is 71.0 Å². The smallest absolute Gasteiger partial charge is 0.126 e. The van der Waals surface area contributed by atoms with Crippen LogP contribution in [0.2, 0.25) is 0 Å². The van der Waals surface area contributed by atoms with E-state index in [0.29, 0.717) is 11.5 Å². The summed E-state index contributed by atoms with van der Waals surface area (Å²) in [6, 6.07) is 15.7. The standard InChI is InChI=1S/C24H32FNO/c1-18-15-21(11-12-23(18)25)24(27)14-13-20(16-22(24)17-26(2)3)10-9-19-7-5-4-6-8-19/h4-8,11-12,15,20,22,27H,9-10,13-14,16-17H2,1-3H3. The molecule has 3 unspecified atom stereocenters. The fourth-order valence-corrected chi connectivity index (χ4v) is 4.58. The maximum atomic E-state index is 13.7. The highest BCUT2D eigenvalue weighted by Gasteiger charge is 2.43. The molecular formula is C24H32FNO. The van der Waals surface area contributed by atoms with E-state index in [1.54, 1.807) is 13.0 Å². The molecule has 1 saturated carbocycles. The van der Waals surface area contributed by atoms with Gasteiger partial charge in [0.15, 0.2) is 0 Å². The van der Waals surface area contributed by atoms with Crippen LogP contribution in [0.4, 0.5) is 4.39 Å². The number of benzene rings is 2. The van der Waals surface area contributed by atoms with Crippen molar-refractivity contribution in [2.45, 2.75) is 44.6 Å². The first-order valence-electron chi connectivity index (χ1n) is 10.1. The lowest BCUT2D eigenvalue weighted by atomic mass is 9.66. The molecule has 1 aliphatic rings. The van der Waals surface area contributed by atoms with E-state index in [2.05, 4.69) is 49.3 Å². The lowest BCUT2D eigenvalue weighted by Gasteiger charge is -2.45. The maximum absolute atomic E-state index is 13.7. The minimum absolute atomic E-state index is 0.159. The molecular weight excluding hydrogens is 337 g/mol. The van der Waals surface area contributed by atoms with Gasteiger partial charge in [-0.25, -0.2) is 4.39 Å². The van der Waals surface area contributed by atoms with Crippen LogP contribution in [0.1, 0.15) is 42.4 Å². The molecule has 0 spiro atoms. The van der Waals surface area contributed by atoms with Crippen LogP contribution < -0.4 is 0 Å². The summed E-state index contributed by atoms with van der Waals surface area (Å²) in [5, 5.41) is 11.6. The van der Waals surface area contributed by atoms with Crippen molar-refractivity contribution in [2.75, 3.05) is 20.6 Å². The molecule has 2 nitrogen and oxygen atoms in total. The molecule has 1 aliphatic carbocycles. The predicted molar refractivity (Wildman–Crippen MR) is 109 cm³/mol. The Morgan fingerprint density at radius 2 is 1.89 bits per heavy atom. The summed E-state index contributed by atoms with van der Waals surface area (Å²) in [6.07, 6.45) is 5.03. The Balaban J connectivity index is 1.75. The topological polar surface area (TPSA) is 23.5 Å². The second kappa shape index (κ2) is 8.53. The molecule has 1 N–H and O–H groups in total. The number of hydrogen-bond donors (Lipinski definition) is 1. The zero-order valence-corrected chi connectivity index (χ0v) is 16.8. The average molecular weight is 370 g/mol. The van der Waals surface area contributed by atoms with Crippen molar-refractivity contribution < 1.29 is 9.50 Å². The Bertz CT molecular complexity index is 745. The predicted octanol–water partition coefficient (Wildman–Crippen LogP) is 4.93. The van der Waals surface area contributed by atoms with E-state index >= 15 is 0 Å². The van der Waals surface area contributed by atoms with Crippen LogP contribution in [0.5, 0.6) is 0 Å². The molecule has 27 heavy (non-hydrogen) atoms. The Kier molecular flexibility index (Phi) is 6.33. The summed E-state index contributed by atoms with van der Waals surface area (Å²) in [5.41, 5.74) is 1.99. The van der Waals surface area contributed by atoms with Crippen LogP contribution in [0.15, 0.2) is 48.5 Å². The van der Waals surface area contributed by atoms with Gasteiger partial charge in [0.05, 0.1) is 5.60 Å². The second-order valence-electron chi connectivity index (χ2n) is 8.51. The number of halogens is 1. The molecule has 0 amide bonds. The molecule has 3 heteroatoms. The molecule has 2 aromatic rings. The van der Waals surface area contributed by atoms with E-state index in [4.69, 9.17) is 0 Å². The van der Waals surface area contributed by atoms with Gasteiger partial charge in [-0.2, -0.15) is 0 Å². The quantitative estimate of drug-likeness (QED) is 0.780. The van der Waals surface area contributed by atoms with Crippen molar-refractivity contribution in [1.29, 1.82) is 0 Å². The molecule has 1 fully saturated rings. The molecule has 0 aromatic heterocycles. The fourth-order valence-electron chi connectivity index (χ4n) is 4.58. The van der Waals surface area contributed by atoms with Gasteiger partial charge in [0.25, 0.3) is 0 Å². The Hall–Kier alpha value is -1.71. The van der Waals surface area contributed by atoms with Gasteiger partial charge in [0.2, 0.25) is 0 Å². The molecule has 2 aromatic carbocycles. The minimum atomic E-state index is -0.869. The van der Waals surface area contributed by atoms with Crippen molar-refractivity contribution in [3.63, 3.8) is 0 Å².